The summed E-state index contributed by atoms with van der Waals surface area (Å²) in [6.07, 6.45) is 1.67. The third kappa shape index (κ3) is 3.03. The van der Waals surface area contributed by atoms with Gasteiger partial charge in [0.15, 0.2) is 0 Å². The molecule has 120 valence electrons. The highest BCUT2D eigenvalue weighted by atomic mass is 16.7. The lowest BCUT2D eigenvalue weighted by Crippen LogP contribution is -2.41. The molecule has 1 fully saturated rings. The Hall–Kier alpha value is -1.40. The van der Waals surface area contributed by atoms with Crippen molar-refractivity contribution >= 4 is 18.6 Å². The van der Waals surface area contributed by atoms with Gasteiger partial charge in [-0.2, -0.15) is 0 Å². The molecule has 0 radical (unpaired) electrons. The summed E-state index contributed by atoms with van der Waals surface area (Å²) in [6.45, 7) is 11.9. The topological polar surface area (TPSA) is 57.7 Å². The van der Waals surface area contributed by atoms with E-state index in [9.17, 15) is 4.79 Å². The van der Waals surface area contributed by atoms with Gasteiger partial charge in [0.1, 0.15) is 0 Å². The van der Waals surface area contributed by atoms with Gasteiger partial charge in [0.05, 0.1) is 29.4 Å². The summed E-state index contributed by atoms with van der Waals surface area (Å²) < 4.78 is 17.2. The first-order valence-corrected chi connectivity index (χ1v) is 7.66. The largest absolute Gasteiger partial charge is 0.496 e. The molecule has 1 aromatic rings. The van der Waals surface area contributed by atoms with E-state index in [1.54, 1.807) is 20.0 Å². The van der Waals surface area contributed by atoms with Crippen molar-refractivity contribution < 1.29 is 18.8 Å². The first-order valence-electron chi connectivity index (χ1n) is 7.66. The van der Waals surface area contributed by atoms with Gasteiger partial charge in [0.2, 0.25) is 0 Å². The molecule has 6 heteroatoms. The standard InChI is InChI=1S/C16H24BNO4/c1-7-20-14(19)11(2)13-12(9-8-10-18-13)17-21-15(3,4)16(5,6)22-17/h8-11H,7H2,1-6H3. The highest BCUT2D eigenvalue weighted by Crippen LogP contribution is 2.36. The number of rotatable bonds is 4. The average Bonchev–Trinajstić information content (AvgIpc) is 2.67. The maximum absolute atomic E-state index is 12.0. The van der Waals surface area contributed by atoms with Crippen molar-refractivity contribution in [1.29, 1.82) is 0 Å². The van der Waals surface area contributed by atoms with Gasteiger partial charge in [-0.25, -0.2) is 0 Å². The highest BCUT2D eigenvalue weighted by Gasteiger charge is 2.52. The van der Waals surface area contributed by atoms with E-state index in [-0.39, 0.29) is 5.97 Å². The van der Waals surface area contributed by atoms with Gasteiger partial charge in [-0.15, -0.1) is 0 Å². The van der Waals surface area contributed by atoms with E-state index in [2.05, 4.69) is 4.98 Å². The summed E-state index contributed by atoms with van der Waals surface area (Å²) >= 11 is 0. The number of hydrogen-bond acceptors (Lipinski definition) is 5. The van der Waals surface area contributed by atoms with E-state index in [0.717, 1.165) is 5.46 Å². The molecule has 0 aliphatic carbocycles. The summed E-state index contributed by atoms with van der Waals surface area (Å²) in [6, 6.07) is 3.71. The fourth-order valence-corrected chi connectivity index (χ4v) is 2.34. The fraction of sp³-hybridized carbons (Fsp3) is 0.625. The van der Waals surface area contributed by atoms with Gasteiger partial charge >= 0.3 is 13.1 Å². The average molecular weight is 305 g/mol. The number of esters is 1. The van der Waals surface area contributed by atoms with E-state index in [1.807, 2.05) is 39.8 Å². The van der Waals surface area contributed by atoms with Crippen LogP contribution in [0.3, 0.4) is 0 Å². The Morgan fingerprint density at radius 1 is 1.32 bits per heavy atom. The van der Waals surface area contributed by atoms with E-state index in [4.69, 9.17) is 14.0 Å². The summed E-state index contributed by atoms with van der Waals surface area (Å²) in [5.41, 5.74) is 0.553. The molecule has 0 bridgehead atoms. The molecule has 1 unspecified atom stereocenters. The molecule has 1 atom stereocenters. The van der Waals surface area contributed by atoms with Crippen LogP contribution in [0.4, 0.5) is 0 Å². The van der Waals surface area contributed by atoms with Crippen LogP contribution in [0.5, 0.6) is 0 Å². The molecule has 0 spiro atoms. The number of pyridine rings is 1. The second-order valence-electron chi connectivity index (χ2n) is 6.54. The number of carbonyl (C=O) groups excluding carboxylic acids is 1. The van der Waals surface area contributed by atoms with Crippen LogP contribution < -0.4 is 5.46 Å². The number of nitrogens with zero attached hydrogens (tertiary/aromatic N) is 1. The van der Waals surface area contributed by atoms with E-state index >= 15 is 0 Å². The van der Waals surface area contributed by atoms with Crippen molar-refractivity contribution in [2.75, 3.05) is 6.61 Å². The third-order valence-corrected chi connectivity index (χ3v) is 4.43. The Morgan fingerprint density at radius 2 is 1.91 bits per heavy atom. The van der Waals surface area contributed by atoms with E-state index in [1.165, 1.54) is 0 Å². The summed E-state index contributed by atoms with van der Waals surface area (Å²) in [5.74, 6) is -0.755. The summed E-state index contributed by atoms with van der Waals surface area (Å²) in [4.78, 5) is 16.4. The van der Waals surface area contributed by atoms with Crippen molar-refractivity contribution in [2.24, 2.45) is 0 Å². The summed E-state index contributed by atoms with van der Waals surface area (Å²) in [7, 11) is -0.537. The molecule has 1 aliphatic rings. The Kier molecular flexibility index (Phi) is 4.63. The Morgan fingerprint density at radius 3 is 2.45 bits per heavy atom. The number of aromatic nitrogens is 1. The predicted molar refractivity (Wildman–Crippen MR) is 85.0 cm³/mol. The van der Waals surface area contributed by atoms with Crippen LogP contribution in [-0.2, 0) is 18.8 Å². The zero-order valence-electron chi connectivity index (χ0n) is 14.2. The maximum Gasteiger partial charge on any atom is 0.496 e. The molecule has 22 heavy (non-hydrogen) atoms. The van der Waals surface area contributed by atoms with Gasteiger partial charge in [0, 0.05) is 11.7 Å². The molecule has 0 aromatic carbocycles. The van der Waals surface area contributed by atoms with Crippen LogP contribution in [0.2, 0.25) is 0 Å². The molecule has 1 aromatic heterocycles. The first-order chi connectivity index (χ1) is 10.2. The Labute approximate surface area is 132 Å². The van der Waals surface area contributed by atoms with Crippen molar-refractivity contribution in [1.82, 2.24) is 4.98 Å². The Bertz CT molecular complexity index is 543. The lowest BCUT2D eigenvalue weighted by molar-refractivity contribution is -0.144. The zero-order valence-corrected chi connectivity index (χ0v) is 14.2. The van der Waals surface area contributed by atoms with Crippen LogP contribution in [0, 0.1) is 0 Å². The zero-order chi connectivity index (χ0) is 16.5. The monoisotopic (exact) mass is 305 g/mol. The maximum atomic E-state index is 12.0. The van der Waals surface area contributed by atoms with Gasteiger partial charge in [-0.05, 0) is 47.6 Å². The number of carbonyl (C=O) groups is 1. The van der Waals surface area contributed by atoms with Gasteiger partial charge < -0.3 is 14.0 Å². The van der Waals surface area contributed by atoms with Crippen molar-refractivity contribution in [3.8, 4) is 0 Å². The van der Waals surface area contributed by atoms with Crippen molar-refractivity contribution in [2.45, 2.75) is 58.7 Å². The second-order valence-corrected chi connectivity index (χ2v) is 6.54. The quantitative estimate of drug-likeness (QED) is 0.629. The number of hydrogen-bond donors (Lipinski definition) is 0. The normalized spacial score (nSPS) is 20.7. The SMILES string of the molecule is CCOC(=O)C(C)c1ncccc1B1OC(C)(C)C(C)(C)O1. The smallest absolute Gasteiger partial charge is 0.465 e. The van der Waals surface area contributed by atoms with Crippen LogP contribution >= 0.6 is 0 Å². The molecule has 0 N–H and O–H groups in total. The molecule has 2 rings (SSSR count). The molecule has 0 saturated carbocycles. The van der Waals surface area contributed by atoms with Crippen LogP contribution in [0.25, 0.3) is 0 Å². The molecule has 5 nitrogen and oxygen atoms in total. The van der Waals surface area contributed by atoms with Crippen LogP contribution in [0.1, 0.15) is 53.2 Å². The molecular weight excluding hydrogens is 281 g/mol. The van der Waals surface area contributed by atoms with Crippen LogP contribution in [0.15, 0.2) is 18.3 Å². The Balaban J connectivity index is 2.32. The van der Waals surface area contributed by atoms with Crippen LogP contribution in [-0.4, -0.2) is 35.9 Å². The fourth-order valence-electron chi connectivity index (χ4n) is 2.34. The van der Waals surface area contributed by atoms with Gasteiger partial charge in [-0.3, -0.25) is 9.78 Å². The third-order valence-electron chi connectivity index (χ3n) is 4.43. The van der Waals surface area contributed by atoms with Crippen molar-refractivity contribution in [3.63, 3.8) is 0 Å². The first kappa shape index (κ1) is 17.0. The highest BCUT2D eigenvalue weighted by molar-refractivity contribution is 6.62. The lowest BCUT2D eigenvalue weighted by atomic mass is 9.75. The molecule has 1 saturated heterocycles. The number of ether oxygens (including phenoxy) is 1. The van der Waals surface area contributed by atoms with Crippen molar-refractivity contribution in [3.05, 3.63) is 24.0 Å². The van der Waals surface area contributed by atoms with E-state index in [0.29, 0.717) is 12.3 Å². The molecule has 0 amide bonds. The molecule has 2 heterocycles. The molecule has 1 aliphatic heterocycles. The second kappa shape index (κ2) is 6.01. The van der Waals surface area contributed by atoms with Gasteiger partial charge in [0.25, 0.3) is 0 Å². The minimum absolute atomic E-state index is 0.293. The van der Waals surface area contributed by atoms with E-state index < -0.39 is 24.2 Å². The minimum atomic E-state index is -0.537. The van der Waals surface area contributed by atoms with Gasteiger partial charge in [-0.1, -0.05) is 6.07 Å². The minimum Gasteiger partial charge on any atom is -0.465 e. The lowest BCUT2D eigenvalue weighted by Gasteiger charge is -2.32. The predicted octanol–water partition coefficient (Wildman–Crippen LogP) is 2.05. The summed E-state index contributed by atoms with van der Waals surface area (Å²) in [5, 5.41) is 0. The molecular formula is C16H24BNO4.